The van der Waals surface area contributed by atoms with Crippen molar-refractivity contribution in [3.05, 3.63) is 53.9 Å². The summed E-state index contributed by atoms with van der Waals surface area (Å²) in [5.41, 5.74) is 1.28. The molecule has 7 nitrogen and oxygen atoms in total. The smallest absolute Gasteiger partial charge is 0.267 e. The van der Waals surface area contributed by atoms with Crippen LogP contribution in [0, 0.1) is 0 Å². The molecule has 2 aromatic heterocycles. The van der Waals surface area contributed by atoms with Crippen molar-refractivity contribution in [2.75, 3.05) is 0 Å². The Morgan fingerprint density at radius 2 is 2.12 bits per heavy atom. The van der Waals surface area contributed by atoms with Crippen LogP contribution in [0.5, 0.6) is 5.75 Å². The Labute approximate surface area is 140 Å². The summed E-state index contributed by atoms with van der Waals surface area (Å²) in [6.45, 7) is 8.81. The molecule has 3 aromatic rings. The molecule has 0 aliphatic rings. The van der Waals surface area contributed by atoms with Gasteiger partial charge in [0, 0.05) is 6.20 Å². The highest BCUT2D eigenvalue weighted by Gasteiger charge is 2.18. The third kappa shape index (κ3) is 3.79. The molecule has 0 saturated heterocycles. The minimum absolute atomic E-state index is 0.0675. The molecule has 0 fully saturated rings. The molecule has 0 aliphatic carbocycles. The Morgan fingerprint density at radius 3 is 2.83 bits per heavy atom. The zero-order valence-electron chi connectivity index (χ0n) is 14.3. The van der Waals surface area contributed by atoms with Gasteiger partial charge in [0.25, 0.3) is 5.89 Å². The van der Waals surface area contributed by atoms with E-state index in [-0.39, 0.29) is 11.5 Å². The molecule has 1 unspecified atom stereocenters. The van der Waals surface area contributed by atoms with Gasteiger partial charge in [-0.1, -0.05) is 43.3 Å². The Bertz CT molecular complexity index is 789. The van der Waals surface area contributed by atoms with Gasteiger partial charge in [-0.25, -0.2) is 4.68 Å². The van der Waals surface area contributed by atoms with E-state index in [4.69, 9.17) is 9.26 Å². The predicted molar refractivity (Wildman–Crippen MR) is 87.6 cm³/mol. The van der Waals surface area contributed by atoms with E-state index in [1.807, 2.05) is 25.1 Å². The number of rotatable bonds is 5. The lowest BCUT2D eigenvalue weighted by Gasteiger charge is -2.20. The van der Waals surface area contributed by atoms with Crippen molar-refractivity contribution in [2.45, 2.75) is 45.8 Å². The molecule has 3 rings (SSSR count). The molecule has 126 valence electrons. The maximum atomic E-state index is 5.95. The maximum absolute atomic E-state index is 5.95. The second kappa shape index (κ2) is 6.43. The van der Waals surface area contributed by atoms with E-state index in [1.165, 1.54) is 5.56 Å². The summed E-state index contributed by atoms with van der Waals surface area (Å²) in [6.07, 6.45) is 3.01. The van der Waals surface area contributed by atoms with Gasteiger partial charge in [0.1, 0.15) is 12.3 Å². The summed E-state index contributed by atoms with van der Waals surface area (Å²) in [4.78, 5) is 4.36. The van der Waals surface area contributed by atoms with Crippen LogP contribution in [0.3, 0.4) is 0 Å². The van der Waals surface area contributed by atoms with Crippen LogP contribution >= 0.6 is 0 Å². The molecule has 0 radical (unpaired) electrons. The van der Waals surface area contributed by atoms with Crippen molar-refractivity contribution in [1.82, 2.24) is 25.1 Å². The van der Waals surface area contributed by atoms with E-state index >= 15 is 0 Å². The average molecular weight is 327 g/mol. The molecule has 0 spiro atoms. The molecule has 2 heterocycles. The Hall–Kier alpha value is -2.70. The van der Waals surface area contributed by atoms with Crippen LogP contribution in [0.15, 0.2) is 41.2 Å². The average Bonchev–Trinajstić information content (AvgIpc) is 3.19. The molecular weight excluding hydrogens is 306 g/mol. The summed E-state index contributed by atoms with van der Waals surface area (Å²) in [5.74, 6) is 1.76. The second-order valence-corrected chi connectivity index (χ2v) is 6.69. The first kappa shape index (κ1) is 16.2. The van der Waals surface area contributed by atoms with Gasteiger partial charge >= 0.3 is 0 Å². The summed E-state index contributed by atoms with van der Waals surface area (Å²) < 4.78 is 12.9. The zero-order chi connectivity index (χ0) is 17.2. The molecule has 1 aromatic carbocycles. The van der Waals surface area contributed by atoms with Crippen molar-refractivity contribution < 1.29 is 9.26 Å². The topological polar surface area (TPSA) is 78.9 Å². The van der Waals surface area contributed by atoms with Gasteiger partial charge in [-0.15, -0.1) is 5.10 Å². The van der Waals surface area contributed by atoms with Gasteiger partial charge < -0.3 is 9.26 Å². The Morgan fingerprint density at radius 1 is 1.29 bits per heavy atom. The lowest BCUT2D eigenvalue weighted by molar-refractivity contribution is 0.175. The summed E-state index contributed by atoms with van der Waals surface area (Å²) in [5, 5.41) is 11.6. The molecule has 0 aliphatic heterocycles. The fourth-order valence-corrected chi connectivity index (χ4v) is 2.25. The number of hydrogen-bond donors (Lipinski definition) is 0. The van der Waals surface area contributed by atoms with Gasteiger partial charge in [-0.05, 0) is 30.0 Å². The van der Waals surface area contributed by atoms with E-state index in [0.717, 1.165) is 5.75 Å². The van der Waals surface area contributed by atoms with Gasteiger partial charge in [0.2, 0.25) is 0 Å². The highest BCUT2D eigenvalue weighted by molar-refractivity contribution is 5.32. The zero-order valence-corrected chi connectivity index (χ0v) is 14.3. The number of aromatic nitrogens is 5. The summed E-state index contributed by atoms with van der Waals surface area (Å²) in [6, 6.07) is 8.06. The molecule has 24 heavy (non-hydrogen) atoms. The molecule has 1 atom stereocenters. The fourth-order valence-electron chi connectivity index (χ4n) is 2.25. The minimum atomic E-state index is -0.336. The van der Waals surface area contributed by atoms with Crippen molar-refractivity contribution in [1.29, 1.82) is 0 Å². The monoisotopic (exact) mass is 327 g/mol. The van der Waals surface area contributed by atoms with E-state index in [2.05, 4.69) is 47.3 Å². The van der Waals surface area contributed by atoms with Crippen molar-refractivity contribution in [2.24, 2.45) is 0 Å². The lowest BCUT2D eigenvalue weighted by atomic mass is 9.87. The first-order chi connectivity index (χ1) is 11.4. The first-order valence-corrected chi connectivity index (χ1v) is 7.85. The molecule has 7 heteroatoms. The molecule has 0 amide bonds. The highest BCUT2D eigenvalue weighted by Crippen LogP contribution is 2.28. The van der Waals surface area contributed by atoms with Crippen LogP contribution in [0.25, 0.3) is 0 Å². The van der Waals surface area contributed by atoms with Gasteiger partial charge in [-0.3, -0.25) is 0 Å². The molecule has 0 N–H and O–H groups in total. The van der Waals surface area contributed by atoms with Crippen molar-refractivity contribution >= 4 is 0 Å². The Kier molecular flexibility index (Phi) is 4.33. The number of ether oxygens (including phenoxy) is 1. The van der Waals surface area contributed by atoms with Crippen molar-refractivity contribution in [3.63, 3.8) is 0 Å². The van der Waals surface area contributed by atoms with E-state index in [1.54, 1.807) is 17.1 Å². The quantitative estimate of drug-likeness (QED) is 0.716. The van der Waals surface area contributed by atoms with E-state index in [9.17, 15) is 0 Å². The normalized spacial score (nSPS) is 13.0. The predicted octanol–water partition coefficient (Wildman–Crippen LogP) is 3.15. The highest BCUT2D eigenvalue weighted by atomic mass is 16.5. The SMILES string of the molecule is CC(Oc1cccc(C(C)(C)C)c1)c1nc(Cn2ccnn2)no1. The van der Waals surface area contributed by atoms with Crippen LogP contribution < -0.4 is 4.74 Å². The number of nitrogens with zero attached hydrogens (tertiary/aromatic N) is 5. The number of hydrogen-bond acceptors (Lipinski definition) is 6. The summed E-state index contributed by atoms with van der Waals surface area (Å²) >= 11 is 0. The van der Waals surface area contributed by atoms with E-state index < -0.39 is 0 Å². The number of benzene rings is 1. The van der Waals surface area contributed by atoms with Crippen LogP contribution in [0.1, 0.15) is 51.1 Å². The van der Waals surface area contributed by atoms with E-state index in [0.29, 0.717) is 18.3 Å². The summed E-state index contributed by atoms with van der Waals surface area (Å²) in [7, 11) is 0. The van der Waals surface area contributed by atoms with Crippen LogP contribution in [-0.4, -0.2) is 25.1 Å². The van der Waals surface area contributed by atoms with Crippen LogP contribution in [-0.2, 0) is 12.0 Å². The van der Waals surface area contributed by atoms with Crippen LogP contribution in [0.4, 0.5) is 0 Å². The fraction of sp³-hybridized carbons (Fsp3) is 0.412. The first-order valence-electron chi connectivity index (χ1n) is 7.85. The molecular formula is C17H21N5O2. The third-order valence-corrected chi connectivity index (χ3v) is 3.62. The van der Waals surface area contributed by atoms with Gasteiger partial charge in [-0.2, -0.15) is 4.98 Å². The van der Waals surface area contributed by atoms with Gasteiger partial charge in [0.05, 0.1) is 6.20 Å². The second-order valence-electron chi connectivity index (χ2n) is 6.69. The van der Waals surface area contributed by atoms with Crippen molar-refractivity contribution in [3.8, 4) is 5.75 Å². The molecule has 0 bridgehead atoms. The Balaban J connectivity index is 1.69. The lowest BCUT2D eigenvalue weighted by Crippen LogP contribution is -2.11. The minimum Gasteiger partial charge on any atom is -0.481 e. The molecule has 0 saturated carbocycles. The maximum Gasteiger partial charge on any atom is 0.267 e. The third-order valence-electron chi connectivity index (χ3n) is 3.62. The largest absolute Gasteiger partial charge is 0.481 e. The standard InChI is InChI=1S/C17H21N5O2/c1-12(23-14-7-5-6-13(10-14)17(2,3)4)16-19-15(20-24-16)11-22-9-8-18-21-22/h5-10,12H,11H2,1-4H3. The van der Waals surface area contributed by atoms with Crippen LogP contribution in [0.2, 0.25) is 0 Å². The van der Waals surface area contributed by atoms with Gasteiger partial charge in [0.15, 0.2) is 11.9 Å².